The summed E-state index contributed by atoms with van der Waals surface area (Å²) in [7, 11) is 0. The Kier molecular flexibility index (Phi) is 30.3. The van der Waals surface area contributed by atoms with Gasteiger partial charge in [0.15, 0.2) is 0 Å². The van der Waals surface area contributed by atoms with E-state index in [0.717, 1.165) is 9.72 Å². The SMILES string of the molecule is O=[C]=[Ni].O=[C]=[Ni]. The van der Waals surface area contributed by atoms with Crippen molar-refractivity contribution in [1.29, 1.82) is 0 Å². The first kappa shape index (κ1) is 9.47. The molecule has 0 atom stereocenters. The Hall–Kier alpha value is 0.147. The standard InChI is InChI=1S/2CO.2Ni/c2*1-2;;. The third-order valence-corrected chi connectivity index (χ3v) is 0. The fourth-order valence-electron chi connectivity index (χ4n) is 0. The normalized spacial score (nSPS) is 3.33. The molecule has 0 heterocycles. The molecular formula is C2Ni2O2. The molecule has 0 aromatic rings. The van der Waals surface area contributed by atoms with Gasteiger partial charge in [0.05, 0.1) is 0 Å². The van der Waals surface area contributed by atoms with Gasteiger partial charge in [-0.05, 0) is 0 Å². The average molecular weight is 173 g/mol. The number of rotatable bonds is 0. The Morgan fingerprint density at radius 3 is 1.00 bits per heavy atom. The Morgan fingerprint density at radius 2 is 1.00 bits per heavy atom. The Bertz CT molecular complexity index is 63.5. The first-order chi connectivity index (χ1) is 2.83. The molecule has 0 bridgehead atoms. The van der Waals surface area contributed by atoms with Crippen molar-refractivity contribution < 1.29 is 39.7 Å². The third kappa shape index (κ3) is 1900. The van der Waals surface area contributed by atoms with Crippen LogP contribution in [0.15, 0.2) is 0 Å². The summed E-state index contributed by atoms with van der Waals surface area (Å²) in [5.41, 5.74) is 0. The molecule has 0 aromatic heterocycles. The molecule has 0 radical (unpaired) electrons. The van der Waals surface area contributed by atoms with Crippen LogP contribution in [0.3, 0.4) is 0 Å². The van der Waals surface area contributed by atoms with Crippen LogP contribution in [-0.2, 0) is 39.7 Å². The second-order valence-electron chi connectivity index (χ2n) is 0.129. The molecule has 0 aliphatic heterocycles. The van der Waals surface area contributed by atoms with Gasteiger partial charge in [-0.3, -0.25) is 0 Å². The molecule has 0 saturated heterocycles. The molecule has 40 valence electrons. The van der Waals surface area contributed by atoms with E-state index in [0.29, 0.717) is 0 Å². The van der Waals surface area contributed by atoms with Crippen molar-refractivity contribution in [3.63, 3.8) is 0 Å². The second kappa shape index (κ2) is 19.2. The summed E-state index contributed by atoms with van der Waals surface area (Å²) in [4.78, 5) is 19.3. The summed E-state index contributed by atoms with van der Waals surface area (Å²) in [6, 6.07) is 0. The van der Waals surface area contributed by atoms with Crippen LogP contribution in [0.4, 0.5) is 0 Å². The molecule has 6 heavy (non-hydrogen) atoms. The molecule has 0 fully saturated rings. The zero-order chi connectivity index (χ0) is 5.41. The molecule has 0 rings (SSSR count). The van der Waals surface area contributed by atoms with Crippen LogP contribution >= 0.6 is 0 Å². The van der Waals surface area contributed by atoms with Crippen molar-refractivity contribution >= 4 is 9.72 Å². The van der Waals surface area contributed by atoms with Crippen molar-refractivity contribution in [2.75, 3.05) is 0 Å². The summed E-state index contributed by atoms with van der Waals surface area (Å²) >= 11 is 6.72. The summed E-state index contributed by atoms with van der Waals surface area (Å²) in [6.45, 7) is 0. The topological polar surface area (TPSA) is 34.1 Å². The van der Waals surface area contributed by atoms with Crippen LogP contribution in [-0.4, -0.2) is 9.72 Å². The van der Waals surface area contributed by atoms with E-state index in [9.17, 15) is 0 Å². The molecule has 0 aliphatic rings. The van der Waals surface area contributed by atoms with Gasteiger partial charge >= 0.3 is 49.4 Å². The Balaban J connectivity index is 0. The molecule has 0 unspecified atom stereocenters. The third-order valence-electron chi connectivity index (χ3n) is 0. The van der Waals surface area contributed by atoms with E-state index in [-0.39, 0.29) is 0 Å². The fourth-order valence-corrected chi connectivity index (χ4v) is 0. The predicted octanol–water partition coefficient (Wildman–Crippen LogP) is -0.799. The molecule has 0 amide bonds. The second-order valence-corrected chi connectivity index (χ2v) is 0.532. The van der Waals surface area contributed by atoms with Crippen LogP contribution in [0.5, 0.6) is 0 Å². The molecule has 0 saturated carbocycles. The van der Waals surface area contributed by atoms with Crippen LogP contribution in [0.25, 0.3) is 0 Å². The number of carbonyl (C=O) groups excluding carboxylic acids is 2. The van der Waals surface area contributed by atoms with E-state index in [2.05, 4.69) is 30.1 Å². The molecule has 4 heteroatoms. The van der Waals surface area contributed by atoms with E-state index in [4.69, 9.17) is 9.59 Å². The van der Waals surface area contributed by atoms with Gasteiger partial charge in [-0.15, -0.1) is 0 Å². The summed E-state index contributed by atoms with van der Waals surface area (Å²) < 4.78 is 0. The summed E-state index contributed by atoms with van der Waals surface area (Å²) in [5, 5.41) is 0. The maximum absolute atomic E-state index is 8.51. The van der Waals surface area contributed by atoms with Crippen molar-refractivity contribution in [3.8, 4) is 0 Å². The first-order valence-electron chi connectivity index (χ1n) is 0.724. The monoisotopic (exact) mass is 172 g/mol. The van der Waals surface area contributed by atoms with Gasteiger partial charge in [0.2, 0.25) is 0 Å². The Labute approximate surface area is 49.7 Å². The van der Waals surface area contributed by atoms with Gasteiger partial charge in [-0.25, -0.2) is 0 Å². The van der Waals surface area contributed by atoms with Crippen LogP contribution in [0.2, 0.25) is 0 Å². The molecule has 0 spiro atoms. The van der Waals surface area contributed by atoms with Crippen molar-refractivity contribution in [2.45, 2.75) is 0 Å². The minimum atomic E-state index is 1.12. The molecule has 0 aliphatic carbocycles. The van der Waals surface area contributed by atoms with E-state index in [1.54, 1.807) is 0 Å². The van der Waals surface area contributed by atoms with Crippen LogP contribution < -0.4 is 0 Å². The molecule has 2 nitrogen and oxygen atoms in total. The fraction of sp³-hybridized carbons (Fsp3) is 0. The predicted molar refractivity (Wildman–Crippen MR) is 11.4 cm³/mol. The summed E-state index contributed by atoms with van der Waals surface area (Å²) in [6.07, 6.45) is 0. The first-order valence-corrected chi connectivity index (χ1v) is 1.71. The van der Waals surface area contributed by atoms with E-state index in [1.165, 1.54) is 0 Å². The molecule has 0 aromatic carbocycles. The molecule has 0 N–H and O–H groups in total. The zero-order valence-electron chi connectivity index (χ0n) is 2.45. The van der Waals surface area contributed by atoms with Gasteiger partial charge in [-0.2, -0.15) is 0 Å². The quantitative estimate of drug-likeness (QED) is 0.450. The van der Waals surface area contributed by atoms with Crippen molar-refractivity contribution in [1.82, 2.24) is 0 Å². The van der Waals surface area contributed by atoms with Gasteiger partial charge in [-0.1, -0.05) is 0 Å². The maximum atomic E-state index is 8.51. The van der Waals surface area contributed by atoms with Crippen LogP contribution in [0.1, 0.15) is 0 Å². The number of hydrogen-bond donors (Lipinski definition) is 0. The van der Waals surface area contributed by atoms with E-state index in [1.807, 2.05) is 0 Å². The molecular weight excluding hydrogens is 173 g/mol. The van der Waals surface area contributed by atoms with E-state index < -0.39 is 0 Å². The summed E-state index contributed by atoms with van der Waals surface area (Å²) in [5.74, 6) is 0. The van der Waals surface area contributed by atoms with Gasteiger partial charge in [0.1, 0.15) is 0 Å². The average Bonchev–Trinajstić information content (AvgIpc) is 1.39. The van der Waals surface area contributed by atoms with Gasteiger partial charge in [0, 0.05) is 0 Å². The number of hydrogen-bond acceptors (Lipinski definition) is 2. The van der Waals surface area contributed by atoms with E-state index >= 15 is 0 Å². The van der Waals surface area contributed by atoms with Crippen molar-refractivity contribution in [3.05, 3.63) is 0 Å². The van der Waals surface area contributed by atoms with Crippen molar-refractivity contribution in [2.24, 2.45) is 0 Å². The van der Waals surface area contributed by atoms with Gasteiger partial charge in [0.25, 0.3) is 0 Å². The van der Waals surface area contributed by atoms with Gasteiger partial charge < -0.3 is 0 Å². The van der Waals surface area contributed by atoms with Crippen LogP contribution in [0, 0.1) is 0 Å². The zero-order valence-corrected chi connectivity index (χ0v) is 4.42. The Morgan fingerprint density at radius 1 is 1.00 bits per heavy atom. The minimum absolute atomic E-state index is 1.12.